The van der Waals surface area contributed by atoms with Gasteiger partial charge in [0.2, 0.25) is 21.8 Å². The molecule has 11 heteroatoms. The molecule has 0 spiro atoms. The van der Waals surface area contributed by atoms with Gasteiger partial charge < -0.3 is 19.7 Å². The van der Waals surface area contributed by atoms with E-state index in [0.717, 1.165) is 23.4 Å². The second-order valence-corrected chi connectivity index (χ2v) is 10.4. The Hall–Kier alpha value is -3.34. The number of halogens is 1. The standard InChI is InChI=1S/C26H36FN3O6S/c1-6-8-15-28-26(32)22(7-2)29(17-19-9-11-20(27)12-10-19)25(31)18-30(37(5,33)34)23-16-21(35-3)13-14-24(23)36-4/h9-14,16,22H,6-8,15,17-18H2,1-5H3,(H,28,32)/t22-/m0/s1. The first-order chi connectivity index (χ1) is 17.5. The average molecular weight is 538 g/mol. The summed E-state index contributed by atoms with van der Waals surface area (Å²) in [5, 5.41) is 2.85. The molecule has 0 unspecified atom stereocenters. The van der Waals surface area contributed by atoms with Gasteiger partial charge in [-0.1, -0.05) is 32.4 Å². The van der Waals surface area contributed by atoms with Gasteiger partial charge in [-0.2, -0.15) is 0 Å². The lowest BCUT2D eigenvalue weighted by Gasteiger charge is -2.33. The van der Waals surface area contributed by atoms with E-state index < -0.39 is 34.3 Å². The summed E-state index contributed by atoms with van der Waals surface area (Å²) in [6, 6.07) is 9.35. The maximum atomic E-state index is 13.7. The summed E-state index contributed by atoms with van der Waals surface area (Å²) in [5.74, 6) is -0.761. The van der Waals surface area contributed by atoms with Gasteiger partial charge >= 0.3 is 0 Å². The molecule has 0 saturated carbocycles. The molecule has 0 aromatic heterocycles. The number of rotatable bonds is 14. The fraction of sp³-hybridized carbons (Fsp3) is 0.462. The SMILES string of the molecule is CCCCNC(=O)[C@H](CC)N(Cc1ccc(F)cc1)C(=O)CN(c1cc(OC)ccc1OC)S(C)(=O)=O. The van der Waals surface area contributed by atoms with Crippen LogP contribution in [0, 0.1) is 5.82 Å². The molecule has 0 fully saturated rings. The predicted molar refractivity (Wildman–Crippen MR) is 141 cm³/mol. The number of methoxy groups -OCH3 is 2. The van der Waals surface area contributed by atoms with E-state index >= 15 is 0 Å². The monoisotopic (exact) mass is 537 g/mol. The van der Waals surface area contributed by atoms with E-state index in [1.54, 1.807) is 19.1 Å². The summed E-state index contributed by atoms with van der Waals surface area (Å²) in [7, 11) is -1.12. The highest BCUT2D eigenvalue weighted by atomic mass is 32.2. The van der Waals surface area contributed by atoms with Gasteiger partial charge in [-0.3, -0.25) is 13.9 Å². The van der Waals surface area contributed by atoms with Crippen molar-refractivity contribution >= 4 is 27.5 Å². The van der Waals surface area contributed by atoms with E-state index in [2.05, 4.69) is 5.32 Å². The molecule has 0 heterocycles. The first-order valence-corrected chi connectivity index (χ1v) is 13.9. The molecule has 37 heavy (non-hydrogen) atoms. The topological polar surface area (TPSA) is 105 Å². The van der Waals surface area contributed by atoms with E-state index in [4.69, 9.17) is 9.47 Å². The van der Waals surface area contributed by atoms with Crippen molar-refractivity contribution in [2.24, 2.45) is 0 Å². The summed E-state index contributed by atoms with van der Waals surface area (Å²) in [6.07, 6.45) is 2.96. The van der Waals surface area contributed by atoms with Crippen LogP contribution in [0.5, 0.6) is 11.5 Å². The van der Waals surface area contributed by atoms with Gasteiger partial charge in [-0.25, -0.2) is 12.8 Å². The smallest absolute Gasteiger partial charge is 0.244 e. The minimum Gasteiger partial charge on any atom is -0.497 e. The predicted octanol–water partition coefficient (Wildman–Crippen LogP) is 3.33. The Morgan fingerprint density at radius 3 is 2.27 bits per heavy atom. The highest BCUT2D eigenvalue weighted by molar-refractivity contribution is 7.92. The van der Waals surface area contributed by atoms with Crippen LogP contribution in [-0.2, 0) is 26.2 Å². The van der Waals surface area contributed by atoms with Crippen molar-refractivity contribution in [3.8, 4) is 11.5 Å². The number of anilines is 1. The number of unbranched alkanes of at least 4 members (excludes halogenated alkanes) is 1. The number of nitrogens with one attached hydrogen (secondary N) is 1. The number of carbonyl (C=O) groups excluding carboxylic acids is 2. The molecule has 0 aliphatic rings. The molecular weight excluding hydrogens is 501 g/mol. The minimum absolute atomic E-state index is 0.00827. The molecule has 1 atom stereocenters. The van der Waals surface area contributed by atoms with Gasteiger partial charge in [0.15, 0.2) is 0 Å². The molecule has 1 N–H and O–H groups in total. The van der Waals surface area contributed by atoms with Crippen LogP contribution in [0.1, 0.15) is 38.7 Å². The van der Waals surface area contributed by atoms with Gasteiger partial charge in [0.1, 0.15) is 29.9 Å². The number of amides is 2. The maximum absolute atomic E-state index is 13.7. The fourth-order valence-electron chi connectivity index (χ4n) is 3.80. The Labute approximate surface area is 218 Å². The van der Waals surface area contributed by atoms with Gasteiger partial charge in [0.05, 0.1) is 26.2 Å². The zero-order chi connectivity index (χ0) is 27.6. The summed E-state index contributed by atoms with van der Waals surface area (Å²) in [5.41, 5.74) is 0.722. The van der Waals surface area contributed by atoms with E-state index in [0.29, 0.717) is 24.3 Å². The largest absolute Gasteiger partial charge is 0.497 e. The van der Waals surface area contributed by atoms with Crippen LogP contribution in [-0.4, -0.2) is 64.7 Å². The summed E-state index contributed by atoms with van der Waals surface area (Å²) in [6.45, 7) is 3.64. The number of hydrogen-bond donors (Lipinski definition) is 1. The molecule has 9 nitrogen and oxygen atoms in total. The van der Waals surface area contributed by atoms with Gasteiger partial charge in [-0.05, 0) is 42.7 Å². The van der Waals surface area contributed by atoms with Gasteiger partial charge in [-0.15, -0.1) is 0 Å². The van der Waals surface area contributed by atoms with Crippen LogP contribution < -0.4 is 19.1 Å². The molecule has 204 valence electrons. The second-order valence-electron chi connectivity index (χ2n) is 8.52. The van der Waals surface area contributed by atoms with Crippen LogP contribution >= 0.6 is 0 Å². The second kappa shape index (κ2) is 13.8. The lowest BCUT2D eigenvalue weighted by molar-refractivity contribution is -0.140. The molecule has 0 saturated heterocycles. The molecule has 2 rings (SSSR count). The van der Waals surface area contributed by atoms with Crippen LogP contribution in [0.2, 0.25) is 0 Å². The van der Waals surface area contributed by atoms with E-state index in [1.807, 2.05) is 6.92 Å². The molecule has 0 aliphatic heterocycles. The lowest BCUT2D eigenvalue weighted by atomic mass is 10.1. The van der Waals surface area contributed by atoms with Crippen molar-refractivity contribution < 1.29 is 31.9 Å². The van der Waals surface area contributed by atoms with E-state index in [-0.39, 0.29) is 23.9 Å². The first kappa shape index (κ1) is 29.9. The third-order valence-corrected chi connectivity index (χ3v) is 6.94. The Morgan fingerprint density at radius 1 is 1.05 bits per heavy atom. The van der Waals surface area contributed by atoms with Crippen molar-refractivity contribution in [3.05, 3.63) is 53.8 Å². The molecule has 0 bridgehead atoms. The van der Waals surface area contributed by atoms with E-state index in [1.165, 1.54) is 49.5 Å². The third kappa shape index (κ3) is 8.34. The normalized spacial score (nSPS) is 11.9. The number of hydrogen-bond acceptors (Lipinski definition) is 6. The summed E-state index contributed by atoms with van der Waals surface area (Å²) < 4.78 is 50.7. The van der Waals surface area contributed by atoms with Crippen LogP contribution in [0.4, 0.5) is 10.1 Å². The number of sulfonamides is 1. The molecule has 2 aromatic carbocycles. The lowest BCUT2D eigenvalue weighted by Crippen LogP contribution is -2.52. The average Bonchev–Trinajstić information content (AvgIpc) is 2.87. The van der Waals surface area contributed by atoms with Gasteiger partial charge in [0.25, 0.3) is 0 Å². The number of nitrogens with zero attached hydrogens (tertiary/aromatic N) is 2. The quantitative estimate of drug-likeness (QED) is 0.371. The highest BCUT2D eigenvalue weighted by Crippen LogP contribution is 2.34. The summed E-state index contributed by atoms with van der Waals surface area (Å²) in [4.78, 5) is 28.1. The number of ether oxygens (including phenoxy) is 2. The number of carbonyl (C=O) groups is 2. The van der Waals surface area contributed by atoms with Crippen molar-refractivity contribution in [3.63, 3.8) is 0 Å². The Balaban J connectivity index is 2.48. The Morgan fingerprint density at radius 2 is 1.73 bits per heavy atom. The fourth-order valence-corrected chi connectivity index (χ4v) is 4.64. The summed E-state index contributed by atoms with van der Waals surface area (Å²) >= 11 is 0. The molecule has 0 aliphatic carbocycles. The molecule has 0 radical (unpaired) electrons. The Bertz CT molecular complexity index is 1160. The Kier molecular flexibility index (Phi) is 11.2. The molecular formula is C26H36FN3O6S. The van der Waals surface area contributed by atoms with Crippen LogP contribution in [0.15, 0.2) is 42.5 Å². The first-order valence-electron chi connectivity index (χ1n) is 12.1. The van der Waals surface area contributed by atoms with Crippen molar-refractivity contribution in [2.75, 3.05) is 37.9 Å². The van der Waals surface area contributed by atoms with Gasteiger partial charge in [0, 0.05) is 19.2 Å². The number of benzene rings is 2. The van der Waals surface area contributed by atoms with Crippen LogP contribution in [0.25, 0.3) is 0 Å². The third-order valence-electron chi connectivity index (χ3n) is 5.82. The van der Waals surface area contributed by atoms with Crippen LogP contribution in [0.3, 0.4) is 0 Å². The maximum Gasteiger partial charge on any atom is 0.244 e. The molecule has 2 aromatic rings. The zero-order valence-electron chi connectivity index (χ0n) is 22.0. The highest BCUT2D eigenvalue weighted by Gasteiger charge is 2.32. The van der Waals surface area contributed by atoms with E-state index in [9.17, 15) is 22.4 Å². The van der Waals surface area contributed by atoms with Crippen molar-refractivity contribution in [1.82, 2.24) is 10.2 Å². The molecule has 2 amide bonds. The minimum atomic E-state index is -3.95. The van der Waals surface area contributed by atoms with Crippen molar-refractivity contribution in [2.45, 2.75) is 45.7 Å². The zero-order valence-corrected chi connectivity index (χ0v) is 22.8. The van der Waals surface area contributed by atoms with Crippen molar-refractivity contribution in [1.29, 1.82) is 0 Å².